The second-order valence-corrected chi connectivity index (χ2v) is 9.39. The molecule has 0 aromatic carbocycles. The lowest BCUT2D eigenvalue weighted by Crippen LogP contribution is -2.49. The molecule has 2 bridgehead atoms. The summed E-state index contributed by atoms with van der Waals surface area (Å²) in [6, 6.07) is 0. The summed E-state index contributed by atoms with van der Waals surface area (Å²) >= 11 is 0. The number of allylic oxidation sites excluding steroid dienone is 3. The van der Waals surface area contributed by atoms with Crippen LogP contribution in [0.2, 0.25) is 0 Å². The highest BCUT2D eigenvalue weighted by Crippen LogP contribution is 2.71. The second-order valence-electron chi connectivity index (χ2n) is 9.39. The van der Waals surface area contributed by atoms with Crippen molar-refractivity contribution in [2.75, 3.05) is 0 Å². The molecule has 0 aromatic rings. The fourth-order valence-electron chi connectivity index (χ4n) is 5.78. The third-order valence-corrected chi connectivity index (χ3v) is 7.19. The minimum absolute atomic E-state index is 0.0468. The lowest BCUT2D eigenvalue weighted by atomic mass is 9.64. The zero-order chi connectivity index (χ0) is 19.1. The highest BCUT2D eigenvalue weighted by molar-refractivity contribution is 6.32. The minimum atomic E-state index is -1.19. The molecule has 0 aliphatic heterocycles. The molecule has 0 unspecified atom stereocenters. The van der Waals surface area contributed by atoms with Gasteiger partial charge in [0.2, 0.25) is 0 Å². The van der Waals surface area contributed by atoms with E-state index in [1.807, 2.05) is 6.92 Å². The van der Waals surface area contributed by atoms with E-state index in [0.29, 0.717) is 12.8 Å². The van der Waals surface area contributed by atoms with Gasteiger partial charge in [-0.15, -0.1) is 0 Å². The number of hydrogen-bond donors (Lipinski definition) is 1. The molecule has 3 rings (SSSR count). The van der Waals surface area contributed by atoms with Crippen LogP contribution in [0.15, 0.2) is 23.5 Å². The van der Waals surface area contributed by atoms with Gasteiger partial charge < -0.3 is 5.11 Å². The summed E-state index contributed by atoms with van der Waals surface area (Å²) in [6.45, 7) is 15.3. The first-order valence-electron chi connectivity index (χ1n) is 9.06. The number of carbonyl (C=O) groups excluding carboxylic acids is 3. The van der Waals surface area contributed by atoms with Crippen molar-refractivity contribution in [3.63, 3.8) is 0 Å². The molecule has 0 saturated heterocycles. The Balaban J connectivity index is 2.26. The maximum absolute atomic E-state index is 13.5. The van der Waals surface area contributed by atoms with Gasteiger partial charge in [0, 0.05) is 5.92 Å². The summed E-state index contributed by atoms with van der Waals surface area (Å²) in [5, 5.41) is 10.8. The van der Waals surface area contributed by atoms with Gasteiger partial charge in [-0.2, -0.15) is 0 Å². The second kappa shape index (κ2) is 4.93. The van der Waals surface area contributed by atoms with Crippen molar-refractivity contribution in [1.29, 1.82) is 0 Å². The molecular formula is C21H28O4. The van der Waals surface area contributed by atoms with Crippen molar-refractivity contribution >= 4 is 17.3 Å². The average molecular weight is 344 g/mol. The number of aliphatic hydroxyl groups is 1. The monoisotopic (exact) mass is 344 g/mol. The van der Waals surface area contributed by atoms with E-state index in [1.54, 1.807) is 20.8 Å². The fraction of sp³-hybridized carbons (Fsp3) is 0.667. The molecule has 0 heterocycles. The lowest BCUT2D eigenvalue weighted by Gasteiger charge is -2.35. The van der Waals surface area contributed by atoms with E-state index in [1.165, 1.54) is 0 Å². The van der Waals surface area contributed by atoms with Crippen molar-refractivity contribution < 1.29 is 19.5 Å². The molecule has 1 spiro atoms. The molecule has 0 aromatic heterocycles. The third-order valence-electron chi connectivity index (χ3n) is 7.19. The van der Waals surface area contributed by atoms with Crippen molar-refractivity contribution in [1.82, 2.24) is 0 Å². The lowest BCUT2D eigenvalue weighted by molar-refractivity contribution is -0.144. The smallest absolute Gasteiger partial charge is 0.183 e. The third kappa shape index (κ3) is 1.86. The molecule has 0 amide bonds. The standard InChI is InChI=1S/C21H28O4/c1-10(2)12-8-21-13(19(12,5)6)9-20(7,18(21)25)16(23)14(17(21)24)15(22)11(3)4/h11-13,23H,1,8-9H2,2-7H3/t12-,13-,20+,21-/m0/s1. The van der Waals surface area contributed by atoms with Crippen molar-refractivity contribution in [2.45, 2.75) is 54.4 Å². The predicted molar refractivity (Wildman–Crippen MR) is 94.9 cm³/mol. The number of rotatable bonds is 3. The predicted octanol–water partition coefficient (Wildman–Crippen LogP) is 3.81. The van der Waals surface area contributed by atoms with Gasteiger partial charge >= 0.3 is 0 Å². The molecule has 3 aliphatic carbocycles. The maximum Gasteiger partial charge on any atom is 0.183 e. The first-order valence-corrected chi connectivity index (χ1v) is 9.06. The summed E-state index contributed by atoms with van der Waals surface area (Å²) in [6.07, 6.45) is 0.810. The largest absolute Gasteiger partial charge is 0.510 e. The quantitative estimate of drug-likeness (QED) is 0.480. The number of fused-ring (bicyclic) bond motifs is 1. The van der Waals surface area contributed by atoms with E-state index < -0.39 is 22.5 Å². The first kappa shape index (κ1) is 18.1. The normalized spacial score (nSPS) is 39.2. The van der Waals surface area contributed by atoms with Crippen LogP contribution >= 0.6 is 0 Å². The van der Waals surface area contributed by atoms with E-state index in [9.17, 15) is 19.5 Å². The molecule has 1 N–H and O–H groups in total. The zero-order valence-corrected chi connectivity index (χ0v) is 16.0. The Morgan fingerprint density at radius 2 is 1.76 bits per heavy atom. The number of carbonyl (C=O) groups is 3. The van der Waals surface area contributed by atoms with E-state index in [0.717, 1.165) is 5.57 Å². The van der Waals surface area contributed by atoms with Gasteiger partial charge in [0.05, 0.1) is 10.8 Å². The molecular weight excluding hydrogens is 316 g/mol. The highest BCUT2D eigenvalue weighted by Gasteiger charge is 2.76. The average Bonchev–Trinajstić information content (AvgIpc) is 2.85. The summed E-state index contributed by atoms with van der Waals surface area (Å²) in [7, 11) is 0. The van der Waals surface area contributed by atoms with Crippen molar-refractivity contribution in [3.05, 3.63) is 23.5 Å². The van der Waals surface area contributed by atoms with Gasteiger partial charge in [-0.25, -0.2) is 0 Å². The Bertz CT molecular complexity index is 754. The Morgan fingerprint density at radius 1 is 1.20 bits per heavy atom. The van der Waals surface area contributed by atoms with Crippen LogP contribution in [0.4, 0.5) is 0 Å². The van der Waals surface area contributed by atoms with E-state index in [-0.39, 0.29) is 40.1 Å². The number of hydrogen-bond acceptors (Lipinski definition) is 4. The van der Waals surface area contributed by atoms with Crippen LogP contribution in [0.25, 0.3) is 0 Å². The van der Waals surface area contributed by atoms with Crippen LogP contribution in [-0.2, 0) is 14.4 Å². The number of Topliss-reactive ketones (excluding diaryl/α,β-unsaturated/α-hetero) is 3. The van der Waals surface area contributed by atoms with Gasteiger partial charge in [0.1, 0.15) is 11.3 Å². The van der Waals surface area contributed by atoms with E-state index in [2.05, 4.69) is 20.4 Å². The highest BCUT2D eigenvalue weighted by atomic mass is 16.3. The molecule has 4 nitrogen and oxygen atoms in total. The van der Waals surface area contributed by atoms with Crippen LogP contribution in [0.3, 0.4) is 0 Å². The topological polar surface area (TPSA) is 71.4 Å². The Labute approximate surface area is 149 Å². The molecule has 136 valence electrons. The fourth-order valence-corrected chi connectivity index (χ4v) is 5.78. The van der Waals surface area contributed by atoms with Crippen molar-refractivity contribution in [2.24, 2.45) is 34.0 Å². The van der Waals surface area contributed by atoms with Crippen LogP contribution in [0.5, 0.6) is 0 Å². The Morgan fingerprint density at radius 3 is 2.24 bits per heavy atom. The van der Waals surface area contributed by atoms with E-state index >= 15 is 0 Å². The SMILES string of the molecule is C=C(C)[C@@H]1C[C@@]23C(=O)C(C(=O)C(C)C)=C(O)[C@@](C)(C[C@H]2C1(C)C)C3=O. The van der Waals surface area contributed by atoms with Crippen LogP contribution < -0.4 is 0 Å². The Hall–Kier alpha value is -1.71. The van der Waals surface area contributed by atoms with Gasteiger partial charge in [0.25, 0.3) is 0 Å². The van der Waals surface area contributed by atoms with Gasteiger partial charge in [0.15, 0.2) is 17.3 Å². The van der Waals surface area contributed by atoms with Gasteiger partial charge in [-0.05, 0) is 43.9 Å². The zero-order valence-electron chi connectivity index (χ0n) is 16.0. The van der Waals surface area contributed by atoms with E-state index in [4.69, 9.17) is 0 Å². The number of ketones is 3. The molecule has 25 heavy (non-hydrogen) atoms. The molecule has 4 heteroatoms. The molecule has 2 fully saturated rings. The molecule has 2 saturated carbocycles. The first-order chi connectivity index (χ1) is 11.3. The van der Waals surface area contributed by atoms with Crippen LogP contribution in [0, 0.1) is 34.0 Å². The summed E-state index contributed by atoms with van der Waals surface area (Å²) in [5.41, 5.74) is -1.76. The summed E-state index contributed by atoms with van der Waals surface area (Å²) in [4.78, 5) is 39.5. The van der Waals surface area contributed by atoms with Gasteiger partial charge in [-0.1, -0.05) is 39.8 Å². The molecule has 4 atom stereocenters. The maximum atomic E-state index is 13.5. The number of aliphatic hydroxyl groups excluding tert-OH is 1. The van der Waals surface area contributed by atoms with Crippen LogP contribution in [-0.4, -0.2) is 22.5 Å². The van der Waals surface area contributed by atoms with Crippen LogP contribution in [0.1, 0.15) is 54.4 Å². The molecule has 0 radical (unpaired) electrons. The summed E-state index contributed by atoms with van der Waals surface area (Å²) in [5.74, 6) is -1.87. The van der Waals surface area contributed by atoms with Crippen molar-refractivity contribution in [3.8, 4) is 0 Å². The summed E-state index contributed by atoms with van der Waals surface area (Å²) < 4.78 is 0. The minimum Gasteiger partial charge on any atom is -0.510 e. The van der Waals surface area contributed by atoms with Gasteiger partial charge in [-0.3, -0.25) is 14.4 Å². The molecule has 3 aliphatic rings. The Kier molecular flexibility index (Phi) is 3.56.